The van der Waals surface area contributed by atoms with Gasteiger partial charge >= 0.3 is 0 Å². The van der Waals surface area contributed by atoms with Crippen LogP contribution in [-0.2, 0) is 4.79 Å². The highest BCUT2D eigenvalue weighted by molar-refractivity contribution is 7.12. The van der Waals surface area contributed by atoms with Crippen LogP contribution in [0.5, 0.6) is 0 Å². The van der Waals surface area contributed by atoms with Crippen LogP contribution in [-0.4, -0.2) is 24.9 Å². The Kier molecular flexibility index (Phi) is 4.50. The van der Waals surface area contributed by atoms with E-state index >= 15 is 0 Å². The molecular weight excluding hydrogens is 298 g/mol. The quantitative estimate of drug-likeness (QED) is 0.812. The first-order valence-electron chi connectivity index (χ1n) is 7.19. The van der Waals surface area contributed by atoms with E-state index in [2.05, 4.69) is 16.0 Å². The summed E-state index contributed by atoms with van der Waals surface area (Å²) in [6.07, 6.45) is 0.843. The number of benzene rings is 1. The van der Waals surface area contributed by atoms with Gasteiger partial charge in [-0.3, -0.25) is 9.59 Å². The maximum Gasteiger partial charge on any atom is 0.265 e. The minimum absolute atomic E-state index is 0.0113. The molecule has 2 amide bonds. The van der Waals surface area contributed by atoms with Crippen molar-refractivity contribution in [2.75, 3.05) is 23.7 Å². The second-order valence-corrected chi connectivity index (χ2v) is 6.10. The van der Waals surface area contributed by atoms with E-state index < -0.39 is 0 Å². The average molecular weight is 315 g/mol. The molecule has 1 aromatic heterocycles. The number of carbonyl (C=O) groups is 2. The molecule has 0 aliphatic carbocycles. The molecule has 1 aliphatic heterocycles. The van der Waals surface area contributed by atoms with Gasteiger partial charge in [-0.1, -0.05) is 18.2 Å². The van der Waals surface area contributed by atoms with E-state index in [0.29, 0.717) is 22.8 Å². The van der Waals surface area contributed by atoms with Gasteiger partial charge in [0.2, 0.25) is 5.91 Å². The SMILES string of the molecule is O=C(Nc1ccccc1NC(=O)C1CCNC1)c1cccs1. The lowest BCUT2D eigenvalue weighted by Gasteiger charge is -2.14. The first kappa shape index (κ1) is 14.7. The number of carbonyl (C=O) groups excluding carboxylic acids is 2. The Balaban J connectivity index is 1.72. The molecule has 1 unspecified atom stereocenters. The molecule has 2 aromatic rings. The molecule has 0 saturated carbocycles. The smallest absolute Gasteiger partial charge is 0.265 e. The van der Waals surface area contributed by atoms with Gasteiger partial charge in [0.1, 0.15) is 0 Å². The fraction of sp³-hybridized carbons (Fsp3) is 0.250. The van der Waals surface area contributed by atoms with Crippen LogP contribution in [0.4, 0.5) is 11.4 Å². The summed E-state index contributed by atoms with van der Waals surface area (Å²) in [5.41, 5.74) is 1.24. The van der Waals surface area contributed by atoms with Gasteiger partial charge in [-0.15, -0.1) is 11.3 Å². The Labute approximate surface area is 132 Å². The summed E-state index contributed by atoms with van der Waals surface area (Å²) in [7, 11) is 0. The van der Waals surface area contributed by atoms with Crippen molar-refractivity contribution in [3.05, 3.63) is 46.7 Å². The molecule has 6 heteroatoms. The lowest BCUT2D eigenvalue weighted by atomic mass is 10.1. The number of para-hydroxylation sites is 2. The van der Waals surface area contributed by atoms with E-state index in [1.807, 2.05) is 23.6 Å². The normalized spacial score (nSPS) is 17.2. The average Bonchev–Trinajstić information content (AvgIpc) is 3.23. The number of nitrogens with one attached hydrogen (secondary N) is 3. The summed E-state index contributed by atoms with van der Waals surface area (Å²) in [4.78, 5) is 25.0. The molecule has 1 atom stereocenters. The highest BCUT2D eigenvalue weighted by Gasteiger charge is 2.23. The number of rotatable bonds is 4. The molecule has 0 spiro atoms. The maximum absolute atomic E-state index is 12.2. The lowest BCUT2D eigenvalue weighted by Crippen LogP contribution is -2.25. The van der Waals surface area contributed by atoms with Crippen molar-refractivity contribution >= 4 is 34.5 Å². The first-order valence-corrected chi connectivity index (χ1v) is 8.07. The minimum atomic E-state index is -0.167. The number of anilines is 2. The fourth-order valence-corrected chi connectivity index (χ4v) is 3.02. The Morgan fingerprint density at radius 3 is 2.50 bits per heavy atom. The third kappa shape index (κ3) is 3.35. The van der Waals surface area contributed by atoms with Crippen LogP contribution in [0.3, 0.4) is 0 Å². The van der Waals surface area contributed by atoms with Gasteiger partial charge in [0.05, 0.1) is 22.2 Å². The molecule has 3 N–H and O–H groups in total. The second-order valence-electron chi connectivity index (χ2n) is 5.16. The largest absolute Gasteiger partial charge is 0.324 e. The second kappa shape index (κ2) is 6.72. The molecule has 2 heterocycles. The van der Waals surface area contributed by atoms with Crippen molar-refractivity contribution in [3.8, 4) is 0 Å². The van der Waals surface area contributed by atoms with Crippen molar-refractivity contribution in [2.45, 2.75) is 6.42 Å². The highest BCUT2D eigenvalue weighted by atomic mass is 32.1. The molecule has 1 aromatic carbocycles. The van der Waals surface area contributed by atoms with Crippen molar-refractivity contribution in [3.63, 3.8) is 0 Å². The predicted octanol–water partition coefficient (Wildman–Crippen LogP) is 2.55. The third-order valence-corrected chi connectivity index (χ3v) is 4.48. The molecule has 1 aliphatic rings. The Morgan fingerprint density at radius 2 is 1.86 bits per heavy atom. The Hall–Kier alpha value is -2.18. The monoisotopic (exact) mass is 315 g/mol. The third-order valence-electron chi connectivity index (χ3n) is 3.61. The molecule has 114 valence electrons. The van der Waals surface area contributed by atoms with Crippen LogP contribution >= 0.6 is 11.3 Å². The number of hydrogen-bond acceptors (Lipinski definition) is 4. The Morgan fingerprint density at radius 1 is 1.09 bits per heavy atom. The van der Waals surface area contributed by atoms with Gasteiger partial charge in [0, 0.05) is 6.54 Å². The highest BCUT2D eigenvalue weighted by Crippen LogP contribution is 2.24. The predicted molar refractivity (Wildman–Crippen MR) is 88.3 cm³/mol. The van der Waals surface area contributed by atoms with Crippen LogP contribution in [0, 0.1) is 5.92 Å². The summed E-state index contributed by atoms with van der Waals surface area (Å²) in [6.45, 7) is 1.57. The topological polar surface area (TPSA) is 70.2 Å². The molecule has 1 fully saturated rings. The van der Waals surface area contributed by atoms with Gasteiger partial charge in [0.25, 0.3) is 5.91 Å². The van der Waals surface area contributed by atoms with E-state index in [-0.39, 0.29) is 17.7 Å². The van der Waals surface area contributed by atoms with E-state index in [4.69, 9.17) is 0 Å². The zero-order valence-electron chi connectivity index (χ0n) is 12.0. The van der Waals surface area contributed by atoms with Gasteiger partial charge < -0.3 is 16.0 Å². The van der Waals surface area contributed by atoms with Crippen LogP contribution in [0.1, 0.15) is 16.1 Å². The van der Waals surface area contributed by atoms with Crippen molar-refractivity contribution < 1.29 is 9.59 Å². The van der Waals surface area contributed by atoms with Crippen LogP contribution in [0.15, 0.2) is 41.8 Å². The minimum Gasteiger partial charge on any atom is -0.324 e. The van der Waals surface area contributed by atoms with Gasteiger partial charge in [-0.2, -0.15) is 0 Å². The summed E-state index contributed by atoms with van der Waals surface area (Å²) in [5.74, 6) is -0.192. The molecule has 0 bridgehead atoms. The first-order chi connectivity index (χ1) is 10.7. The lowest BCUT2D eigenvalue weighted by molar-refractivity contribution is -0.119. The molecule has 0 radical (unpaired) electrons. The molecular formula is C16H17N3O2S. The Bertz CT molecular complexity index is 664. The van der Waals surface area contributed by atoms with E-state index in [0.717, 1.165) is 13.0 Å². The number of amides is 2. The molecule has 5 nitrogen and oxygen atoms in total. The van der Waals surface area contributed by atoms with Gasteiger partial charge in [-0.05, 0) is 36.5 Å². The van der Waals surface area contributed by atoms with E-state index in [1.54, 1.807) is 18.2 Å². The fourth-order valence-electron chi connectivity index (χ4n) is 2.41. The van der Waals surface area contributed by atoms with Gasteiger partial charge in [-0.25, -0.2) is 0 Å². The summed E-state index contributed by atoms with van der Waals surface area (Å²) in [6, 6.07) is 10.9. The van der Waals surface area contributed by atoms with Crippen LogP contribution in [0.2, 0.25) is 0 Å². The summed E-state index contributed by atoms with van der Waals surface area (Å²) in [5, 5.41) is 10.8. The van der Waals surface area contributed by atoms with E-state index in [9.17, 15) is 9.59 Å². The summed E-state index contributed by atoms with van der Waals surface area (Å²) >= 11 is 1.38. The molecule has 22 heavy (non-hydrogen) atoms. The van der Waals surface area contributed by atoms with Gasteiger partial charge in [0.15, 0.2) is 0 Å². The number of hydrogen-bond donors (Lipinski definition) is 3. The van der Waals surface area contributed by atoms with Crippen molar-refractivity contribution in [2.24, 2.45) is 5.92 Å². The molecule has 1 saturated heterocycles. The van der Waals surface area contributed by atoms with Crippen molar-refractivity contribution in [1.82, 2.24) is 5.32 Å². The molecule has 3 rings (SSSR count). The van der Waals surface area contributed by atoms with Crippen molar-refractivity contribution in [1.29, 1.82) is 0 Å². The van der Waals surface area contributed by atoms with Crippen LogP contribution in [0.25, 0.3) is 0 Å². The summed E-state index contributed by atoms with van der Waals surface area (Å²) < 4.78 is 0. The zero-order chi connectivity index (χ0) is 15.4. The number of thiophene rings is 1. The maximum atomic E-state index is 12.2. The van der Waals surface area contributed by atoms with E-state index in [1.165, 1.54) is 11.3 Å². The van der Waals surface area contributed by atoms with Crippen LogP contribution < -0.4 is 16.0 Å². The standard InChI is InChI=1S/C16H17N3O2S/c20-15(11-7-8-17-10-11)18-12-4-1-2-5-13(12)19-16(21)14-6-3-9-22-14/h1-6,9,11,17H,7-8,10H2,(H,18,20)(H,19,21). The zero-order valence-corrected chi connectivity index (χ0v) is 12.8.